The van der Waals surface area contributed by atoms with E-state index in [0.717, 1.165) is 37.9 Å². The maximum atomic E-state index is 13.1. The molecule has 0 spiro atoms. The Morgan fingerprint density at radius 1 is 0.953 bits per heavy atom. The number of aliphatic hydroxyl groups excluding tert-OH is 1. The highest BCUT2D eigenvalue weighted by molar-refractivity contribution is 5.76. The lowest BCUT2D eigenvalue weighted by Crippen LogP contribution is -2.75. The fourth-order valence-electron chi connectivity index (χ4n) is 12.6. The first kappa shape index (κ1) is 31.0. The minimum absolute atomic E-state index is 0.000455. The number of rotatable bonds is 4. The van der Waals surface area contributed by atoms with Crippen LogP contribution in [0.1, 0.15) is 93.4 Å². The standard InChI is InChI=1S/C37H54O6/c1-21-13-16-37(32(40)41)18-17-35(6)28(27(37)22(21)2)29(39)30(42-8)31-34(5)20-25(43-24-11-9-23(38)10-12-24)19-33(3,4)26(34)14-15-36(31,35)7/h9-13,22,25-31,38-39H,14-20H2,1-8H3,(H,40,41)/t22-,25?,26-,27-,28-,29-,30-,31+,34-,35+,36+,37-/m0/s1. The van der Waals surface area contributed by atoms with Crippen molar-refractivity contribution in [3.63, 3.8) is 0 Å². The first-order valence-electron chi connectivity index (χ1n) is 16.6. The van der Waals surface area contributed by atoms with Crippen molar-refractivity contribution in [2.75, 3.05) is 7.11 Å². The zero-order valence-corrected chi connectivity index (χ0v) is 27.5. The number of allylic oxidation sites excluding steroid dienone is 2. The van der Waals surface area contributed by atoms with Crippen LogP contribution in [0.25, 0.3) is 0 Å². The van der Waals surface area contributed by atoms with Crippen LogP contribution in [-0.2, 0) is 9.53 Å². The van der Waals surface area contributed by atoms with Crippen LogP contribution in [0.2, 0.25) is 0 Å². The number of aromatic hydroxyl groups is 1. The molecular formula is C37H54O6. The second-order valence-corrected chi connectivity index (χ2v) is 16.7. The third kappa shape index (κ3) is 4.14. The number of carboxylic acids is 1. The molecule has 1 unspecified atom stereocenters. The number of ether oxygens (including phenoxy) is 2. The number of carbonyl (C=O) groups is 1. The van der Waals surface area contributed by atoms with Gasteiger partial charge in [-0.3, -0.25) is 4.79 Å². The lowest BCUT2D eigenvalue weighted by Gasteiger charge is -2.75. The highest BCUT2D eigenvalue weighted by Crippen LogP contribution is 2.77. The largest absolute Gasteiger partial charge is 0.508 e. The summed E-state index contributed by atoms with van der Waals surface area (Å²) in [5.74, 6) is 0.617. The topological polar surface area (TPSA) is 96.2 Å². The van der Waals surface area contributed by atoms with Crippen LogP contribution in [0.5, 0.6) is 11.5 Å². The Hall–Kier alpha value is -2.05. The van der Waals surface area contributed by atoms with Crippen molar-refractivity contribution in [2.24, 2.45) is 56.7 Å². The predicted molar refractivity (Wildman–Crippen MR) is 167 cm³/mol. The molecule has 0 aliphatic heterocycles. The molecule has 5 aliphatic rings. The van der Waals surface area contributed by atoms with Crippen molar-refractivity contribution >= 4 is 5.97 Å². The molecule has 0 aromatic heterocycles. The Labute approximate surface area is 258 Å². The Balaban J connectivity index is 1.45. The van der Waals surface area contributed by atoms with E-state index in [-0.39, 0.29) is 63.3 Å². The van der Waals surface area contributed by atoms with Crippen LogP contribution in [0.4, 0.5) is 0 Å². The predicted octanol–water partition coefficient (Wildman–Crippen LogP) is 7.48. The first-order chi connectivity index (χ1) is 20.1. The maximum absolute atomic E-state index is 13.1. The molecule has 3 N–H and O–H groups in total. The van der Waals surface area contributed by atoms with Gasteiger partial charge in [-0.05, 0) is 127 Å². The number of phenols is 1. The van der Waals surface area contributed by atoms with E-state index in [1.807, 2.05) is 12.1 Å². The van der Waals surface area contributed by atoms with Gasteiger partial charge in [0, 0.05) is 7.11 Å². The molecule has 5 aliphatic carbocycles. The summed E-state index contributed by atoms with van der Waals surface area (Å²) < 4.78 is 13.1. The summed E-state index contributed by atoms with van der Waals surface area (Å²) in [7, 11) is 1.76. The number of methoxy groups -OCH3 is 1. The molecule has 6 heteroatoms. The van der Waals surface area contributed by atoms with E-state index in [4.69, 9.17) is 9.47 Å². The Morgan fingerprint density at radius 3 is 2.26 bits per heavy atom. The zero-order valence-electron chi connectivity index (χ0n) is 27.5. The number of fused-ring (bicyclic) bond motifs is 7. The molecule has 6 nitrogen and oxygen atoms in total. The van der Waals surface area contributed by atoms with E-state index in [2.05, 4.69) is 54.5 Å². The maximum Gasteiger partial charge on any atom is 0.310 e. The highest BCUT2D eigenvalue weighted by Gasteiger charge is 2.75. The van der Waals surface area contributed by atoms with Gasteiger partial charge >= 0.3 is 5.97 Å². The van der Waals surface area contributed by atoms with Crippen LogP contribution in [0.15, 0.2) is 35.9 Å². The molecule has 4 saturated carbocycles. The molecular weight excluding hydrogens is 540 g/mol. The highest BCUT2D eigenvalue weighted by atomic mass is 16.5. The van der Waals surface area contributed by atoms with Crippen LogP contribution in [-0.4, -0.2) is 46.7 Å². The van der Waals surface area contributed by atoms with E-state index in [1.165, 1.54) is 5.57 Å². The average molecular weight is 595 g/mol. The van der Waals surface area contributed by atoms with Gasteiger partial charge in [-0.1, -0.05) is 53.2 Å². The molecule has 0 amide bonds. The second-order valence-electron chi connectivity index (χ2n) is 16.7. The molecule has 0 radical (unpaired) electrons. The van der Waals surface area contributed by atoms with Gasteiger partial charge in [0.2, 0.25) is 0 Å². The monoisotopic (exact) mass is 594 g/mol. The summed E-state index contributed by atoms with van der Waals surface area (Å²) in [6.45, 7) is 16.4. The summed E-state index contributed by atoms with van der Waals surface area (Å²) >= 11 is 0. The van der Waals surface area contributed by atoms with E-state index in [0.29, 0.717) is 18.8 Å². The smallest absolute Gasteiger partial charge is 0.310 e. The molecule has 238 valence electrons. The SMILES string of the molecule is CO[C@H]1[C@@H](O)[C@@H]2[C@@H]3[C@@H](C)C(C)=CC[C@]3(C(=O)O)CC[C@@]2(C)[C@]2(C)CC[C@H]3C(C)(C)CC(Oc4ccc(O)cc4)C[C@]3(C)[C@@H]12. The van der Waals surface area contributed by atoms with Gasteiger partial charge in [0.15, 0.2) is 0 Å². The molecule has 43 heavy (non-hydrogen) atoms. The fourth-order valence-corrected chi connectivity index (χ4v) is 12.6. The number of phenolic OH excluding ortho intramolecular Hbond substituents is 1. The van der Waals surface area contributed by atoms with Gasteiger partial charge in [-0.15, -0.1) is 0 Å². The van der Waals surface area contributed by atoms with Crippen molar-refractivity contribution < 1.29 is 29.6 Å². The molecule has 0 bridgehead atoms. The first-order valence-corrected chi connectivity index (χ1v) is 16.6. The molecule has 4 fully saturated rings. The van der Waals surface area contributed by atoms with E-state index < -0.39 is 17.5 Å². The van der Waals surface area contributed by atoms with Gasteiger partial charge in [0.1, 0.15) is 11.5 Å². The molecule has 6 rings (SSSR count). The van der Waals surface area contributed by atoms with Crippen LogP contribution in [0.3, 0.4) is 0 Å². The van der Waals surface area contributed by atoms with Crippen molar-refractivity contribution in [1.29, 1.82) is 0 Å². The Bertz CT molecular complexity index is 1290. The fraction of sp³-hybridized carbons (Fsp3) is 0.757. The van der Waals surface area contributed by atoms with Crippen LogP contribution >= 0.6 is 0 Å². The van der Waals surface area contributed by atoms with Gasteiger partial charge in [-0.2, -0.15) is 0 Å². The van der Waals surface area contributed by atoms with Crippen LogP contribution in [0, 0.1) is 56.7 Å². The van der Waals surface area contributed by atoms with E-state index in [9.17, 15) is 20.1 Å². The molecule has 12 atom stereocenters. The van der Waals surface area contributed by atoms with Crippen molar-refractivity contribution in [1.82, 2.24) is 0 Å². The van der Waals surface area contributed by atoms with Crippen molar-refractivity contribution in [2.45, 2.75) is 112 Å². The van der Waals surface area contributed by atoms with Gasteiger partial charge in [0.05, 0.1) is 23.7 Å². The summed E-state index contributed by atoms with van der Waals surface area (Å²) in [6, 6.07) is 7.03. The Kier molecular flexibility index (Phi) is 7.18. The average Bonchev–Trinajstić information content (AvgIpc) is 2.92. The normalized spacial score (nSPS) is 48.5. The van der Waals surface area contributed by atoms with E-state index in [1.54, 1.807) is 19.2 Å². The number of hydrogen-bond acceptors (Lipinski definition) is 5. The Morgan fingerprint density at radius 2 is 1.63 bits per heavy atom. The molecule has 0 saturated heterocycles. The third-order valence-electron chi connectivity index (χ3n) is 14.6. The number of carboxylic acid groups (broad SMARTS) is 1. The summed E-state index contributed by atoms with van der Waals surface area (Å²) in [6.07, 6.45) is 7.00. The molecule has 1 aromatic carbocycles. The summed E-state index contributed by atoms with van der Waals surface area (Å²) in [5, 5.41) is 33.2. The van der Waals surface area contributed by atoms with Crippen LogP contribution < -0.4 is 4.74 Å². The van der Waals surface area contributed by atoms with Gasteiger partial charge in [0.25, 0.3) is 0 Å². The third-order valence-corrected chi connectivity index (χ3v) is 14.6. The number of benzene rings is 1. The molecule has 1 aromatic rings. The molecule has 0 heterocycles. The quantitative estimate of drug-likeness (QED) is 0.313. The minimum Gasteiger partial charge on any atom is -0.508 e. The summed E-state index contributed by atoms with van der Waals surface area (Å²) in [5.41, 5.74) is -0.0898. The van der Waals surface area contributed by atoms with Crippen molar-refractivity contribution in [3.8, 4) is 11.5 Å². The van der Waals surface area contributed by atoms with Crippen molar-refractivity contribution in [3.05, 3.63) is 35.9 Å². The number of hydrogen-bond donors (Lipinski definition) is 3. The second kappa shape index (κ2) is 9.97. The van der Waals surface area contributed by atoms with Gasteiger partial charge in [-0.25, -0.2) is 0 Å². The van der Waals surface area contributed by atoms with E-state index >= 15 is 0 Å². The minimum atomic E-state index is -0.845. The lowest BCUT2D eigenvalue weighted by atomic mass is 9.30. The lowest BCUT2D eigenvalue weighted by molar-refractivity contribution is -0.311. The summed E-state index contributed by atoms with van der Waals surface area (Å²) in [4.78, 5) is 13.1. The number of aliphatic carboxylic acids is 1. The van der Waals surface area contributed by atoms with Gasteiger partial charge < -0.3 is 24.8 Å². The zero-order chi connectivity index (χ0) is 31.3. The number of aliphatic hydroxyl groups is 1.